The molecular formula is C15H14F3N3O2. The average Bonchev–Trinajstić information content (AvgIpc) is 2.51. The van der Waals surface area contributed by atoms with Crippen LogP contribution in [0.4, 0.5) is 19.0 Å². The van der Waals surface area contributed by atoms with Gasteiger partial charge in [0.15, 0.2) is 11.5 Å². The molecule has 0 radical (unpaired) electrons. The van der Waals surface area contributed by atoms with E-state index in [-0.39, 0.29) is 11.6 Å². The summed E-state index contributed by atoms with van der Waals surface area (Å²) in [5.74, 6) is 0.402. The molecule has 8 heteroatoms. The molecule has 23 heavy (non-hydrogen) atoms. The fourth-order valence-corrected chi connectivity index (χ4v) is 1.71. The van der Waals surface area contributed by atoms with E-state index < -0.39 is 11.7 Å². The minimum Gasteiger partial charge on any atom is -0.504 e. The lowest BCUT2D eigenvalue weighted by atomic mass is 10.2. The molecule has 0 bridgehead atoms. The van der Waals surface area contributed by atoms with Crippen LogP contribution < -0.4 is 10.2 Å². The van der Waals surface area contributed by atoms with Gasteiger partial charge in [-0.2, -0.15) is 18.3 Å². The van der Waals surface area contributed by atoms with Crippen molar-refractivity contribution in [1.82, 2.24) is 4.98 Å². The van der Waals surface area contributed by atoms with Gasteiger partial charge < -0.3 is 9.84 Å². The van der Waals surface area contributed by atoms with Gasteiger partial charge >= 0.3 is 6.18 Å². The normalized spacial score (nSPS) is 11.7. The number of pyridine rings is 1. The second-order valence-corrected chi connectivity index (χ2v) is 4.43. The molecule has 0 aliphatic heterocycles. The predicted molar refractivity (Wildman–Crippen MR) is 79.7 cm³/mol. The summed E-state index contributed by atoms with van der Waals surface area (Å²) in [6, 6.07) is 6.97. The smallest absolute Gasteiger partial charge is 0.417 e. The van der Waals surface area contributed by atoms with E-state index in [1.165, 1.54) is 6.21 Å². The van der Waals surface area contributed by atoms with Crippen molar-refractivity contribution in [3.8, 4) is 11.5 Å². The first kappa shape index (κ1) is 16.6. The zero-order valence-electron chi connectivity index (χ0n) is 12.1. The number of hydrogen-bond donors (Lipinski definition) is 2. The first-order chi connectivity index (χ1) is 10.9. The molecule has 0 unspecified atom stereocenters. The number of aromatic hydroxyl groups is 1. The molecule has 0 fully saturated rings. The fourth-order valence-electron chi connectivity index (χ4n) is 1.71. The van der Waals surface area contributed by atoms with E-state index in [4.69, 9.17) is 4.74 Å². The number of rotatable bonds is 5. The maximum atomic E-state index is 12.4. The van der Waals surface area contributed by atoms with E-state index in [2.05, 4.69) is 15.5 Å². The topological polar surface area (TPSA) is 66.7 Å². The SMILES string of the molecule is CCOc1cccc(/C=N\Nc2ccc(C(F)(F)F)cn2)c1O. The molecule has 1 aromatic carbocycles. The Kier molecular flexibility index (Phi) is 5.05. The van der Waals surface area contributed by atoms with Crippen molar-refractivity contribution in [2.75, 3.05) is 12.0 Å². The van der Waals surface area contributed by atoms with Gasteiger partial charge in [-0.15, -0.1) is 0 Å². The van der Waals surface area contributed by atoms with Crippen LogP contribution in [0.15, 0.2) is 41.6 Å². The van der Waals surface area contributed by atoms with Crippen LogP contribution >= 0.6 is 0 Å². The zero-order chi connectivity index (χ0) is 16.9. The Balaban J connectivity index is 2.06. The maximum Gasteiger partial charge on any atom is 0.417 e. The Bertz CT molecular complexity index is 685. The highest BCUT2D eigenvalue weighted by atomic mass is 19.4. The van der Waals surface area contributed by atoms with Crippen molar-refractivity contribution < 1.29 is 23.0 Å². The molecule has 2 N–H and O–H groups in total. The molecule has 0 saturated carbocycles. The summed E-state index contributed by atoms with van der Waals surface area (Å²) < 4.78 is 42.5. The number of anilines is 1. The molecule has 0 aliphatic rings. The predicted octanol–water partition coefficient (Wildman–Crippen LogP) is 3.65. The highest BCUT2D eigenvalue weighted by Crippen LogP contribution is 2.29. The Morgan fingerprint density at radius 3 is 2.70 bits per heavy atom. The van der Waals surface area contributed by atoms with Crippen molar-refractivity contribution in [2.45, 2.75) is 13.1 Å². The molecule has 0 aliphatic carbocycles. The van der Waals surface area contributed by atoms with Crippen LogP contribution in [0.1, 0.15) is 18.1 Å². The molecule has 1 heterocycles. The van der Waals surface area contributed by atoms with E-state index in [1.54, 1.807) is 25.1 Å². The van der Waals surface area contributed by atoms with Crippen molar-refractivity contribution in [1.29, 1.82) is 0 Å². The van der Waals surface area contributed by atoms with Gasteiger partial charge in [0.05, 0.1) is 18.4 Å². The highest BCUT2D eigenvalue weighted by Gasteiger charge is 2.30. The number of nitrogens with zero attached hydrogens (tertiary/aromatic N) is 2. The molecule has 2 rings (SSSR count). The number of benzene rings is 1. The maximum absolute atomic E-state index is 12.4. The number of aromatic nitrogens is 1. The summed E-state index contributed by atoms with van der Waals surface area (Å²) in [4.78, 5) is 3.61. The number of ether oxygens (including phenoxy) is 1. The number of alkyl halides is 3. The first-order valence-electron chi connectivity index (χ1n) is 6.69. The molecule has 0 amide bonds. The Morgan fingerprint density at radius 2 is 2.09 bits per heavy atom. The van der Waals surface area contributed by atoms with Crippen molar-refractivity contribution in [2.24, 2.45) is 5.10 Å². The lowest BCUT2D eigenvalue weighted by Gasteiger charge is -2.07. The van der Waals surface area contributed by atoms with Crippen LogP contribution in [0, 0.1) is 0 Å². The van der Waals surface area contributed by atoms with Gasteiger partial charge in [0.1, 0.15) is 5.82 Å². The van der Waals surface area contributed by atoms with Gasteiger partial charge in [-0.1, -0.05) is 6.07 Å². The number of para-hydroxylation sites is 1. The summed E-state index contributed by atoms with van der Waals surface area (Å²) in [5.41, 5.74) is 2.05. The van der Waals surface area contributed by atoms with Gasteiger partial charge in [0, 0.05) is 11.8 Å². The summed E-state index contributed by atoms with van der Waals surface area (Å²) in [6.45, 7) is 2.19. The molecule has 122 valence electrons. The monoisotopic (exact) mass is 325 g/mol. The van der Waals surface area contributed by atoms with Crippen LogP contribution in [-0.4, -0.2) is 22.9 Å². The third-order valence-electron chi connectivity index (χ3n) is 2.80. The molecule has 0 spiro atoms. The van der Waals surface area contributed by atoms with Gasteiger partial charge in [0.25, 0.3) is 0 Å². The third-order valence-corrected chi connectivity index (χ3v) is 2.80. The second-order valence-electron chi connectivity index (χ2n) is 4.43. The number of phenolic OH excluding ortho intramolecular Hbond substituents is 1. The van der Waals surface area contributed by atoms with Gasteiger partial charge in [-0.25, -0.2) is 4.98 Å². The number of hydrogen-bond acceptors (Lipinski definition) is 5. The highest BCUT2D eigenvalue weighted by molar-refractivity contribution is 5.85. The van der Waals surface area contributed by atoms with Crippen LogP contribution in [0.2, 0.25) is 0 Å². The van der Waals surface area contributed by atoms with Crippen LogP contribution in [-0.2, 0) is 6.18 Å². The Labute approximate surface area is 130 Å². The minimum absolute atomic E-state index is 0.0692. The Hall–Kier alpha value is -2.77. The number of hydrazone groups is 1. The average molecular weight is 325 g/mol. The number of phenols is 1. The van der Waals surface area contributed by atoms with Gasteiger partial charge in [-0.3, -0.25) is 5.43 Å². The molecule has 5 nitrogen and oxygen atoms in total. The molecule has 2 aromatic rings. The van der Waals surface area contributed by atoms with E-state index >= 15 is 0 Å². The fraction of sp³-hybridized carbons (Fsp3) is 0.200. The lowest BCUT2D eigenvalue weighted by molar-refractivity contribution is -0.137. The minimum atomic E-state index is -4.43. The van der Waals surface area contributed by atoms with Gasteiger partial charge in [0.2, 0.25) is 0 Å². The van der Waals surface area contributed by atoms with E-state index in [0.29, 0.717) is 24.1 Å². The molecule has 0 atom stereocenters. The van der Waals surface area contributed by atoms with Crippen molar-refractivity contribution >= 4 is 12.0 Å². The summed E-state index contributed by atoms with van der Waals surface area (Å²) in [7, 11) is 0. The zero-order valence-corrected chi connectivity index (χ0v) is 12.1. The quantitative estimate of drug-likeness (QED) is 0.650. The van der Waals surface area contributed by atoms with Crippen molar-refractivity contribution in [3.63, 3.8) is 0 Å². The number of halogens is 3. The van der Waals surface area contributed by atoms with Crippen molar-refractivity contribution in [3.05, 3.63) is 47.7 Å². The van der Waals surface area contributed by atoms with Gasteiger partial charge in [-0.05, 0) is 31.2 Å². The first-order valence-corrected chi connectivity index (χ1v) is 6.69. The summed E-state index contributed by atoms with van der Waals surface area (Å²) in [6.07, 6.45) is -2.40. The van der Waals surface area contributed by atoms with Crippen LogP contribution in [0.25, 0.3) is 0 Å². The lowest BCUT2D eigenvalue weighted by Crippen LogP contribution is -2.05. The molecule has 1 aromatic heterocycles. The molecule has 0 saturated heterocycles. The summed E-state index contributed by atoms with van der Waals surface area (Å²) >= 11 is 0. The van der Waals surface area contributed by atoms with Crippen LogP contribution in [0.5, 0.6) is 11.5 Å². The largest absolute Gasteiger partial charge is 0.504 e. The van der Waals surface area contributed by atoms with E-state index in [1.807, 2.05) is 0 Å². The van der Waals surface area contributed by atoms with E-state index in [0.717, 1.165) is 12.1 Å². The third kappa shape index (κ3) is 4.35. The summed E-state index contributed by atoms with van der Waals surface area (Å²) in [5, 5.41) is 13.8. The van der Waals surface area contributed by atoms with Crippen LogP contribution in [0.3, 0.4) is 0 Å². The number of nitrogens with one attached hydrogen (secondary N) is 1. The van der Waals surface area contributed by atoms with E-state index in [9.17, 15) is 18.3 Å². The Morgan fingerprint density at radius 1 is 1.30 bits per heavy atom. The second kappa shape index (κ2) is 6.99. The molecular weight excluding hydrogens is 311 g/mol. The standard InChI is InChI=1S/C15H14F3N3O2/c1-2-23-12-5-3-4-10(14(12)22)8-20-21-13-7-6-11(9-19-13)15(16,17)18/h3-9,22H,2H2,1H3,(H,19,21)/b20-8-.